The highest BCUT2D eigenvalue weighted by molar-refractivity contribution is 6.30. The number of morpholine rings is 1. The number of carboxylic acid groups (broad SMARTS) is 1. The Balaban J connectivity index is 1.89. The van der Waals surface area contributed by atoms with E-state index in [0.717, 1.165) is 0 Å². The number of halogens is 1. The van der Waals surface area contributed by atoms with Crippen LogP contribution in [0, 0.1) is 6.92 Å². The number of ether oxygens (including phenoxy) is 1. The van der Waals surface area contributed by atoms with Crippen molar-refractivity contribution in [3.8, 4) is 5.69 Å². The molecule has 8 nitrogen and oxygen atoms in total. The maximum Gasteiger partial charge on any atom is 0.328 e. The number of hydrogen-bond donors (Lipinski definition) is 1. The molecule has 2 aromatic rings. The van der Waals surface area contributed by atoms with E-state index >= 15 is 0 Å². The van der Waals surface area contributed by atoms with E-state index in [-0.39, 0.29) is 25.6 Å². The highest BCUT2D eigenvalue weighted by Gasteiger charge is 2.35. The van der Waals surface area contributed by atoms with E-state index in [9.17, 15) is 14.7 Å². The molecule has 0 saturated carbocycles. The Kier molecular flexibility index (Phi) is 4.50. The van der Waals surface area contributed by atoms with Gasteiger partial charge in [-0.3, -0.25) is 4.79 Å². The van der Waals surface area contributed by atoms with Gasteiger partial charge >= 0.3 is 5.97 Å². The van der Waals surface area contributed by atoms with E-state index in [1.807, 2.05) is 0 Å². The van der Waals surface area contributed by atoms with Crippen LogP contribution in [0.15, 0.2) is 24.3 Å². The Morgan fingerprint density at radius 3 is 2.71 bits per heavy atom. The number of carbonyl (C=O) groups is 2. The van der Waals surface area contributed by atoms with Gasteiger partial charge in [-0.2, -0.15) is 0 Å². The lowest BCUT2D eigenvalue weighted by atomic mass is 10.2. The van der Waals surface area contributed by atoms with Crippen LogP contribution >= 0.6 is 11.6 Å². The molecule has 1 amide bonds. The average molecular weight is 351 g/mol. The number of amides is 1. The summed E-state index contributed by atoms with van der Waals surface area (Å²) in [4.78, 5) is 29.3. The molecular formula is C15H15ClN4O4. The molecule has 0 unspecified atom stereocenters. The first-order valence-electron chi connectivity index (χ1n) is 7.28. The Bertz CT molecular complexity index is 774. The van der Waals surface area contributed by atoms with Gasteiger partial charge in [-0.1, -0.05) is 11.6 Å². The second-order valence-electron chi connectivity index (χ2n) is 5.30. The first-order valence-corrected chi connectivity index (χ1v) is 7.66. The first kappa shape index (κ1) is 16.4. The zero-order valence-corrected chi connectivity index (χ0v) is 13.6. The van der Waals surface area contributed by atoms with Crippen molar-refractivity contribution in [2.45, 2.75) is 13.0 Å². The topological polar surface area (TPSA) is 97.6 Å². The second-order valence-corrected chi connectivity index (χ2v) is 5.73. The molecule has 24 heavy (non-hydrogen) atoms. The molecule has 0 bridgehead atoms. The molecule has 9 heteroatoms. The van der Waals surface area contributed by atoms with E-state index < -0.39 is 17.9 Å². The standard InChI is InChI=1S/C15H15ClN4O4/c1-9-17-13(18-20(9)11-4-2-10(16)3-5-11)14(21)19-6-7-24-8-12(19)15(22)23/h2-5,12H,6-8H2,1H3,(H,22,23)/t12-/m1/s1. The summed E-state index contributed by atoms with van der Waals surface area (Å²) in [6.45, 7) is 2.14. The van der Waals surface area contributed by atoms with Crippen LogP contribution < -0.4 is 0 Å². The maximum absolute atomic E-state index is 12.6. The van der Waals surface area contributed by atoms with Gasteiger partial charge in [0.25, 0.3) is 5.91 Å². The summed E-state index contributed by atoms with van der Waals surface area (Å²) in [6, 6.07) is 5.90. The Hall–Kier alpha value is -2.45. The molecule has 1 aliphatic rings. The third kappa shape index (κ3) is 3.10. The van der Waals surface area contributed by atoms with Crippen LogP contribution in [0.5, 0.6) is 0 Å². The number of aliphatic carboxylic acids is 1. The average Bonchev–Trinajstić information content (AvgIpc) is 2.96. The number of rotatable bonds is 3. The number of aryl methyl sites for hydroxylation is 1. The Morgan fingerprint density at radius 1 is 1.33 bits per heavy atom. The molecular weight excluding hydrogens is 336 g/mol. The molecule has 1 aromatic carbocycles. The molecule has 1 saturated heterocycles. The third-order valence-electron chi connectivity index (χ3n) is 3.71. The van der Waals surface area contributed by atoms with Crippen LogP contribution in [0.25, 0.3) is 5.69 Å². The van der Waals surface area contributed by atoms with Crippen LogP contribution in [0.1, 0.15) is 16.4 Å². The van der Waals surface area contributed by atoms with E-state index in [0.29, 0.717) is 16.5 Å². The number of hydrogen-bond acceptors (Lipinski definition) is 5. The van der Waals surface area contributed by atoms with Crippen LogP contribution in [-0.2, 0) is 9.53 Å². The minimum absolute atomic E-state index is 0.0437. The predicted molar refractivity (Wildman–Crippen MR) is 84.4 cm³/mol. The van der Waals surface area contributed by atoms with E-state index in [2.05, 4.69) is 10.1 Å². The highest BCUT2D eigenvalue weighted by Crippen LogP contribution is 2.16. The zero-order chi connectivity index (χ0) is 17.3. The van der Waals surface area contributed by atoms with Crippen LogP contribution in [0.3, 0.4) is 0 Å². The molecule has 0 spiro atoms. The van der Waals surface area contributed by atoms with Crippen LogP contribution in [0.4, 0.5) is 0 Å². The number of aromatic nitrogens is 3. The normalized spacial score (nSPS) is 17.8. The van der Waals surface area contributed by atoms with Crippen molar-refractivity contribution in [2.75, 3.05) is 19.8 Å². The van der Waals surface area contributed by atoms with Gasteiger partial charge < -0.3 is 14.7 Å². The van der Waals surface area contributed by atoms with E-state index in [1.165, 1.54) is 9.58 Å². The summed E-state index contributed by atoms with van der Waals surface area (Å²) >= 11 is 5.87. The summed E-state index contributed by atoms with van der Waals surface area (Å²) in [5.41, 5.74) is 0.709. The van der Waals surface area contributed by atoms with Crippen molar-refractivity contribution in [3.05, 3.63) is 40.9 Å². The van der Waals surface area contributed by atoms with Crippen LogP contribution in [-0.4, -0.2) is 62.4 Å². The first-order chi connectivity index (χ1) is 11.5. The van der Waals surface area contributed by atoms with Gasteiger partial charge in [0.15, 0.2) is 6.04 Å². The van der Waals surface area contributed by atoms with Crippen molar-refractivity contribution in [2.24, 2.45) is 0 Å². The number of carboxylic acids is 1. The number of benzene rings is 1. The summed E-state index contributed by atoms with van der Waals surface area (Å²) in [7, 11) is 0. The maximum atomic E-state index is 12.6. The Labute approximate surface area is 142 Å². The molecule has 2 heterocycles. The summed E-state index contributed by atoms with van der Waals surface area (Å²) < 4.78 is 6.65. The van der Waals surface area contributed by atoms with Gasteiger partial charge in [-0.25, -0.2) is 14.5 Å². The summed E-state index contributed by atoms with van der Waals surface area (Å²) in [6.07, 6.45) is 0. The van der Waals surface area contributed by atoms with Gasteiger partial charge in [0.1, 0.15) is 5.82 Å². The van der Waals surface area contributed by atoms with E-state index in [1.54, 1.807) is 31.2 Å². The molecule has 1 aliphatic heterocycles. The quantitative estimate of drug-likeness (QED) is 0.892. The molecule has 1 N–H and O–H groups in total. The zero-order valence-electron chi connectivity index (χ0n) is 12.8. The fourth-order valence-electron chi connectivity index (χ4n) is 2.49. The second kappa shape index (κ2) is 6.58. The third-order valence-corrected chi connectivity index (χ3v) is 3.96. The van der Waals surface area contributed by atoms with Crippen molar-refractivity contribution < 1.29 is 19.4 Å². The highest BCUT2D eigenvalue weighted by atomic mass is 35.5. The van der Waals surface area contributed by atoms with Gasteiger partial charge in [-0.15, -0.1) is 5.10 Å². The summed E-state index contributed by atoms with van der Waals surface area (Å²) in [5, 5.41) is 14.0. The molecule has 3 rings (SSSR count). The largest absolute Gasteiger partial charge is 0.480 e. The lowest BCUT2D eigenvalue weighted by molar-refractivity contribution is -0.147. The van der Waals surface area contributed by atoms with Gasteiger partial charge in [0, 0.05) is 11.6 Å². The number of carbonyl (C=O) groups excluding carboxylic acids is 1. The lowest BCUT2D eigenvalue weighted by Gasteiger charge is -2.31. The van der Waals surface area contributed by atoms with Crippen molar-refractivity contribution in [1.29, 1.82) is 0 Å². The summed E-state index contributed by atoms with van der Waals surface area (Å²) in [5.74, 6) is -1.17. The SMILES string of the molecule is Cc1nc(C(=O)N2CCOC[C@@H]2C(=O)O)nn1-c1ccc(Cl)cc1. The predicted octanol–water partition coefficient (Wildman–Crippen LogP) is 1.15. The molecule has 1 fully saturated rings. The Morgan fingerprint density at radius 2 is 2.04 bits per heavy atom. The fraction of sp³-hybridized carbons (Fsp3) is 0.333. The van der Waals surface area contributed by atoms with Gasteiger partial charge in [0.2, 0.25) is 5.82 Å². The van der Waals surface area contributed by atoms with Gasteiger partial charge in [0.05, 0.1) is 18.9 Å². The van der Waals surface area contributed by atoms with Crippen molar-refractivity contribution in [1.82, 2.24) is 19.7 Å². The molecule has 0 aliphatic carbocycles. The lowest BCUT2D eigenvalue weighted by Crippen LogP contribution is -2.52. The van der Waals surface area contributed by atoms with Crippen LogP contribution in [0.2, 0.25) is 5.02 Å². The number of nitrogens with zero attached hydrogens (tertiary/aromatic N) is 4. The monoisotopic (exact) mass is 350 g/mol. The molecule has 1 atom stereocenters. The minimum atomic E-state index is -1.11. The smallest absolute Gasteiger partial charge is 0.328 e. The molecule has 0 radical (unpaired) electrons. The molecule has 126 valence electrons. The minimum Gasteiger partial charge on any atom is -0.480 e. The van der Waals surface area contributed by atoms with Crippen molar-refractivity contribution >= 4 is 23.5 Å². The fourth-order valence-corrected chi connectivity index (χ4v) is 2.61. The molecule has 1 aromatic heterocycles. The van der Waals surface area contributed by atoms with E-state index in [4.69, 9.17) is 16.3 Å². The van der Waals surface area contributed by atoms with Gasteiger partial charge in [-0.05, 0) is 31.2 Å². The van der Waals surface area contributed by atoms with Crippen molar-refractivity contribution in [3.63, 3.8) is 0 Å².